The summed E-state index contributed by atoms with van der Waals surface area (Å²) < 4.78 is 5.32. The third-order valence-corrected chi connectivity index (χ3v) is 4.78. The Kier molecular flexibility index (Phi) is 3.21. The van der Waals surface area contributed by atoms with Gasteiger partial charge in [0.1, 0.15) is 5.78 Å². The molecule has 102 valence electrons. The van der Waals surface area contributed by atoms with Crippen LogP contribution in [-0.2, 0) is 11.2 Å². The van der Waals surface area contributed by atoms with E-state index in [1.54, 1.807) is 7.11 Å². The number of fused-ring (bicyclic) bond motifs is 3. The van der Waals surface area contributed by atoms with E-state index in [2.05, 4.69) is 9.97 Å². The number of halogens is 1. The Balaban J connectivity index is 2.05. The monoisotopic (exact) mass is 280 g/mol. The fraction of sp³-hybridized carbons (Fsp3) is 0.643. The van der Waals surface area contributed by atoms with E-state index in [1.807, 2.05) is 6.92 Å². The second-order valence-corrected chi connectivity index (χ2v) is 5.81. The number of ether oxygens (including phenoxy) is 1. The first-order valence-corrected chi connectivity index (χ1v) is 7.12. The average Bonchev–Trinajstić information content (AvgIpc) is 2.41. The Hall–Kier alpha value is -1.16. The first-order valence-electron chi connectivity index (χ1n) is 6.74. The molecule has 1 aromatic rings. The number of rotatable bonds is 1. The van der Waals surface area contributed by atoms with E-state index in [4.69, 9.17) is 16.3 Å². The highest BCUT2D eigenvalue weighted by Crippen LogP contribution is 2.47. The predicted molar refractivity (Wildman–Crippen MR) is 71.6 cm³/mol. The van der Waals surface area contributed by atoms with Crippen molar-refractivity contribution < 1.29 is 9.53 Å². The van der Waals surface area contributed by atoms with Gasteiger partial charge in [-0.2, -0.15) is 4.98 Å². The number of nitrogens with zero attached hydrogens (tertiary/aromatic N) is 2. The van der Waals surface area contributed by atoms with Gasteiger partial charge < -0.3 is 4.74 Å². The lowest BCUT2D eigenvalue weighted by Gasteiger charge is -2.39. The molecule has 1 aromatic heterocycles. The van der Waals surface area contributed by atoms with Crippen LogP contribution in [0.1, 0.15) is 43.4 Å². The van der Waals surface area contributed by atoms with Crippen LogP contribution in [0.4, 0.5) is 0 Å². The molecule has 0 amide bonds. The quantitative estimate of drug-likeness (QED) is 0.742. The van der Waals surface area contributed by atoms with Gasteiger partial charge in [0.15, 0.2) is 0 Å². The lowest BCUT2D eigenvalue weighted by Crippen LogP contribution is -2.36. The molecule has 0 aromatic carbocycles. The number of Topliss-reactive ketones (excluding diaryl/α,β-unsaturated/α-hetero) is 1. The lowest BCUT2D eigenvalue weighted by molar-refractivity contribution is -0.126. The van der Waals surface area contributed by atoms with Gasteiger partial charge in [0.2, 0.25) is 11.2 Å². The van der Waals surface area contributed by atoms with Gasteiger partial charge in [-0.3, -0.25) is 4.79 Å². The SMILES string of the molecule is COc1nc(Cl)nc2c1CCC1C(C)C(=O)CCC21. The van der Waals surface area contributed by atoms with Crippen LogP contribution < -0.4 is 4.74 Å². The predicted octanol–water partition coefficient (Wildman–Crippen LogP) is 2.78. The van der Waals surface area contributed by atoms with Crippen molar-refractivity contribution in [1.82, 2.24) is 9.97 Å². The first-order chi connectivity index (χ1) is 9.11. The molecule has 0 radical (unpaired) electrons. The third kappa shape index (κ3) is 2.02. The molecule has 3 atom stereocenters. The van der Waals surface area contributed by atoms with Crippen LogP contribution in [0.15, 0.2) is 0 Å². The van der Waals surface area contributed by atoms with Crippen molar-refractivity contribution in [2.45, 2.75) is 38.5 Å². The molecule has 1 fully saturated rings. The molecule has 0 bridgehead atoms. The molecule has 1 saturated carbocycles. The van der Waals surface area contributed by atoms with Gasteiger partial charge in [0, 0.05) is 23.8 Å². The van der Waals surface area contributed by atoms with Gasteiger partial charge in [-0.15, -0.1) is 0 Å². The van der Waals surface area contributed by atoms with Crippen molar-refractivity contribution >= 4 is 17.4 Å². The van der Waals surface area contributed by atoms with Crippen molar-refractivity contribution in [3.63, 3.8) is 0 Å². The molecule has 4 nitrogen and oxygen atoms in total. The minimum Gasteiger partial charge on any atom is -0.481 e. The van der Waals surface area contributed by atoms with Crippen LogP contribution in [0.5, 0.6) is 5.88 Å². The number of ketones is 1. The van der Waals surface area contributed by atoms with Crippen LogP contribution in [0.3, 0.4) is 0 Å². The second kappa shape index (κ2) is 4.75. The normalized spacial score (nSPS) is 29.6. The number of methoxy groups -OCH3 is 1. The first kappa shape index (κ1) is 12.9. The summed E-state index contributed by atoms with van der Waals surface area (Å²) >= 11 is 5.99. The van der Waals surface area contributed by atoms with Gasteiger partial charge in [0.25, 0.3) is 0 Å². The van der Waals surface area contributed by atoms with Crippen molar-refractivity contribution in [2.24, 2.45) is 11.8 Å². The summed E-state index contributed by atoms with van der Waals surface area (Å²) in [7, 11) is 1.61. The Morgan fingerprint density at radius 1 is 1.26 bits per heavy atom. The summed E-state index contributed by atoms with van der Waals surface area (Å²) in [4.78, 5) is 20.4. The Morgan fingerprint density at radius 2 is 2.05 bits per heavy atom. The molecule has 0 aliphatic heterocycles. The second-order valence-electron chi connectivity index (χ2n) is 5.47. The maximum Gasteiger partial charge on any atom is 0.225 e. The Morgan fingerprint density at radius 3 is 2.79 bits per heavy atom. The van der Waals surface area contributed by atoms with Gasteiger partial charge in [-0.1, -0.05) is 6.92 Å². The van der Waals surface area contributed by atoms with E-state index >= 15 is 0 Å². The molecule has 3 rings (SSSR count). The maximum absolute atomic E-state index is 11.9. The van der Waals surface area contributed by atoms with E-state index in [9.17, 15) is 4.79 Å². The van der Waals surface area contributed by atoms with Crippen LogP contribution in [0, 0.1) is 11.8 Å². The highest BCUT2D eigenvalue weighted by Gasteiger charge is 2.41. The molecule has 19 heavy (non-hydrogen) atoms. The fourth-order valence-electron chi connectivity index (χ4n) is 3.59. The van der Waals surface area contributed by atoms with Crippen LogP contribution in [0.2, 0.25) is 5.28 Å². The van der Waals surface area contributed by atoms with Crippen LogP contribution in [0.25, 0.3) is 0 Å². The van der Waals surface area contributed by atoms with Crippen molar-refractivity contribution in [3.05, 3.63) is 16.5 Å². The minimum absolute atomic E-state index is 0.131. The highest BCUT2D eigenvalue weighted by atomic mass is 35.5. The lowest BCUT2D eigenvalue weighted by atomic mass is 9.65. The minimum atomic E-state index is 0.131. The molecule has 0 N–H and O–H groups in total. The van der Waals surface area contributed by atoms with E-state index in [0.29, 0.717) is 29.9 Å². The third-order valence-electron chi connectivity index (χ3n) is 4.61. The molecule has 5 heteroatoms. The zero-order chi connectivity index (χ0) is 13.6. The Labute approximate surface area is 117 Å². The summed E-state index contributed by atoms with van der Waals surface area (Å²) in [5.74, 6) is 1.83. The van der Waals surface area contributed by atoms with E-state index in [0.717, 1.165) is 30.5 Å². The zero-order valence-electron chi connectivity index (χ0n) is 11.1. The fourth-order valence-corrected chi connectivity index (χ4v) is 3.76. The van der Waals surface area contributed by atoms with Gasteiger partial charge in [-0.05, 0) is 36.8 Å². The molecule has 0 saturated heterocycles. The summed E-state index contributed by atoms with van der Waals surface area (Å²) in [5.41, 5.74) is 2.09. The number of hydrogen-bond donors (Lipinski definition) is 0. The van der Waals surface area contributed by atoms with Crippen LogP contribution >= 0.6 is 11.6 Å². The number of hydrogen-bond acceptors (Lipinski definition) is 4. The number of carbonyl (C=O) groups is 1. The smallest absolute Gasteiger partial charge is 0.225 e. The molecule has 2 aliphatic carbocycles. The van der Waals surface area contributed by atoms with Crippen molar-refractivity contribution in [3.8, 4) is 5.88 Å². The zero-order valence-corrected chi connectivity index (χ0v) is 11.9. The van der Waals surface area contributed by atoms with Crippen LogP contribution in [-0.4, -0.2) is 22.9 Å². The maximum atomic E-state index is 11.9. The van der Waals surface area contributed by atoms with Crippen molar-refractivity contribution in [1.29, 1.82) is 0 Å². The molecule has 3 unspecified atom stereocenters. The van der Waals surface area contributed by atoms with Gasteiger partial charge >= 0.3 is 0 Å². The summed E-state index contributed by atoms with van der Waals surface area (Å²) in [6, 6.07) is 0. The largest absolute Gasteiger partial charge is 0.481 e. The van der Waals surface area contributed by atoms with Gasteiger partial charge in [-0.25, -0.2) is 4.98 Å². The Bertz CT molecular complexity index is 532. The number of aromatic nitrogens is 2. The average molecular weight is 281 g/mol. The van der Waals surface area contributed by atoms with E-state index in [1.165, 1.54) is 0 Å². The number of carbonyl (C=O) groups excluding carboxylic acids is 1. The highest BCUT2D eigenvalue weighted by molar-refractivity contribution is 6.28. The molecule has 0 spiro atoms. The molecular formula is C14H17ClN2O2. The molecule has 1 heterocycles. The standard InChI is InChI=1S/C14H17ClN2O2/c1-7-8-3-4-10-12(9(8)5-6-11(7)18)16-14(15)17-13(10)19-2/h7-9H,3-6H2,1-2H3. The van der Waals surface area contributed by atoms with Crippen molar-refractivity contribution in [2.75, 3.05) is 7.11 Å². The van der Waals surface area contributed by atoms with E-state index < -0.39 is 0 Å². The molecular weight excluding hydrogens is 264 g/mol. The van der Waals surface area contributed by atoms with E-state index in [-0.39, 0.29) is 11.2 Å². The topological polar surface area (TPSA) is 52.1 Å². The summed E-state index contributed by atoms with van der Waals surface area (Å²) in [5, 5.41) is 0.237. The molecule has 2 aliphatic rings. The summed E-state index contributed by atoms with van der Waals surface area (Å²) in [6.45, 7) is 2.05. The van der Waals surface area contributed by atoms with Gasteiger partial charge in [0.05, 0.1) is 12.8 Å². The summed E-state index contributed by atoms with van der Waals surface area (Å²) in [6.07, 6.45) is 3.39.